The van der Waals surface area contributed by atoms with Crippen molar-refractivity contribution in [3.63, 3.8) is 0 Å². The second-order valence-corrected chi connectivity index (χ2v) is 8.64. The molecule has 1 aromatic rings. The zero-order valence-electron chi connectivity index (χ0n) is 19.2. The standard InChI is InChI=1S/C20H35N7O6S/c1-34-7-5-14(25-17(29)13(22)4-2-3-6-21)18(30)26-15(8-12-9-23-11-24-12)19(31)27-16(10-28)20(32)33/h9,11,13-16,28H,2-8,10,21-22H2,1H3,(H,23,24)(H,25,29)(H,26,30)(H,27,31)(H,32,33). The Balaban J connectivity index is 2.94. The molecule has 0 saturated carbocycles. The first-order chi connectivity index (χ1) is 16.2. The van der Waals surface area contributed by atoms with Crippen LogP contribution >= 0.6 is 11.8 Å². The molecule has 1 aromatic heterocycles. The van der Waals surface area contributed by atoms with Crippen LogP contribution in [0.1, 0.15) is 31.4 Å². The zero-order chi connectivity index (χ0) is 25.5. The van der Waals surface area contributed by atoms with E-state index in [2.05, 4.69) is 25.9 Å². The fourth-order valence-electron chi connectivity index (χ4n) is 2.98. The molecule has 14 heteroatoms. The van der Waals surface area contributed by atoms with Crippen molar-refractivity contribution in [2.75, 3.05) is 25.2 Å². The van der Waals surface area contributed by atoms with Gasteiger partial charge in [-0.2, -0.15) is 11.8 Å². The van der Waals surface area contributed by atoms with E-state index in [9.17, 15) is 24.3 Å². The Bertz CT molecular complexity index is 779. The lowest BCUT2D eigenvalue weighted by Crippen LogP contribution is -2.58. The minimum Gasteiger partial charge on any atom is -0.480 e. The van der Waals surface area contributed by atoms with Crippen molar-refractivity contribution in [3.05, 3.63) is 18.2 Å². The van der Waals surface area contributed by atoms with Crippen LogP contribution in [-0.2, 0) is 25.6 Å². The first-order valence-corrected chi connectivity index (χ1v) is 12.3. The van der Waals surface area contributed by atoms with Gasteiger partial charge >= 0.3 is 5.97 Å². The summed E-state index contributed by atoms with van der Waals surface area (Å²) in [5.41, 5.74) is 11.9. The molecule has 0 spiro atoms. The normalized spacial score (nSPS) is 14.5. The third-order valence-corrected chi connectivity index (χ3v) is 5.60. The minimum absolute atomic E-state index is 0.0167. The van der Waals surface area contributed by atoms with Crippen LogP contribution < -0.4 is 27.4 Å². The Labute approximate surface area is 202 Å². The molecule has 3 amide bonds. The number of thioether (sulfide) groups is 1. The number of hydrogen-bond donors (Lipinski definition) is 8. The first kappa shape index (κ1) is 29.4. The molecule has 0 fully saturated rings. The number of nitrogens with one attached hydrogen (secondary N) is 4. The smallest absolute Gasteiger partial charge is 0.328 e. The molecule has 13 nitrogen and oxygen atoms in total. The monoisotopic (exact) mass is 501 g/mol. The number of rotatable bonds is 17. The predicted molar refractivity (Wildman–Crippen MR) is 127 cm³/mol. The molecule has 0 saturated heterocycles. The summed E-state index contributed by atoms with van der Waals surface area (Å²) in [6, 6.07) is -4.48. The van der Waals surface area contributed by atoms with Crippen molar-refractivity contribution in [1.29, 1.82) is 0 Å². The summed E-state index contributed by atoms with van der Waals surface area (Å²) in [5.74, 6) is -2.77. The molecule has 10 N–H and O–H groups in total. The number of H-pyrrole nitrogens is 1. The van der Waals surface area contributed by atoms with Gasteiger partial charge in [-0.15, -0.1) is 0 Å². The van der Waals surface area contributed by atoms with Crippen LogP contribution in [0.2, 0.25) is 0 Å². The molecule has 1 heterocycles. The number of amides is 3. The summed E-state index contributed by atoms with van der Waals surface area (Å²) in [4.78, 5) is 56.2. The van der Waals surface area contributed by atoms with Gasteiger partial charge in [0, 0.05) is 18.3 Å². The van der Waals surface area contributed by atoms with Crippen LogP contribution in [0.15, 0.2) is 12.5 Å². The maximum absolute atomic E-state index is 13.0. The maximum Gasteiger partial charge on any atom is 0.328 e. The largest absolute Gasteiger partial charge is 0.480 e. The van der Waals surface area contributed by atoms with Crippen molar-refractivity contribution in [2.24, 2.45) is 11.5 Å². The number of nitrogens with two attached hydrogens (primary N) is 2. The van der Waals surface area contributed by atoms with Gasteiger partial charge in [-0.05, 0) is 37.8 Å². The SMILES string of the molecule is CSCCC(NC(=O)C(N)CCCCN)C(=O)NC(Cc1cnc[nH]1)C(=O)NC(CO)C(=O)O. The molecule has 4 atom stereocenters. The number of imidazole rings is 1. The highest BCUT2D eigenvalue weighted by Gasteiger charge is 2.30. The maximum atomic E-state index is 13.0. The van der Waals surface area contributed by atoms with E-state index in [1.807, 2.05) is 6.26 Å². The fraction of sp³-hybridized carbons (Fsp3) is 0.650. The quantitative estimate of drug-likeness (QED) is 0.106. The lowest BCUT2D eigenvalue weighted by atomic mass is 10.1. The molecule has 4 unspecified atom stereocenters. The van der Waals surface area contributed by atoms with Gasteiger partial charge in [0.1, 0.15) is 18.1 Å². The number of hydrogen-bond acceptors (Lipinski definition) is 9. The third-order valence-electron chi connectivity index (χ3n) is 4.96. The highest BCUT2D eigenvalue weighted by molar-refractivity contribution is 7.98. The number of unbranched alkanes of at least 4 members (excludes halogenated alkanes) is 1. The van der Waals surface area contributed by atoms with Crippen molar-refractivity contribution in [3.8, 4) is 0 Å². The van der Waals surface area contributed by atoms with Crippen LogP contribution in [0.3, 0.4) is 0 Å². The molecule has 0 aliphatic carbocycles. The van der Waals surface area contributed by atoms with Crippen molar-refractivity contribution >= 4 is 35.5 Å². The average Bonchev–Trinajstić information content (AvgIpc) is 3.32. The van der Waals surface area contributed by atoms with E-state index in [1.165, 1.54) is 24.3 Å². The number of carbonyl (C=O) groups excluding carboxylic acids is 3. The fourth-order valence-corrected chi connectivity index (χ4v) is 3.45. The topological polar surface area (TPSA) is 226 Å². The van der Waals surface area contributed by atoms with Gasteiger partial charge in [-0.3, -0.25) is 14.4 Å². The first-order valence-electron chi connectivity index (χ1n) is 10.9. The van der Waals surface area contributed by atoms with Crippen molar-refractivity contribution in [2.45, 2.75) is 56.3 Å². The highest BCUT2D eigenvalue weighted by Crippen LogP contribution is 2.06. The summed E-state index contributed by atoms with van der Waals surface area (Å²) in [7, 11) is 0. The lowest BCUT2D eigenvalue weighted by Gasteiger charge is -2.24. The van der Waals surface area contributed by atoms with E-state index in [0.29, 0.717) is 37.3 Å². The highest BCUT2D eigenvalue weighted by atomic mass is 32.2. The van der Waals surface area contributed by atoms with Crippen LogP contribution in [0.4, 0.5) is 0 Å². The number of carboxylic acid groups (broad SMARTS) is 1. The zero-order valence-corrected chi connectivity index (χ0v) is 20.0. The Morgan fingerprint density at radius 3 is 2.26 bits per heavy atom. The molecule has 34 heavy (non-hydrogen) atoms. The molecular formula is C20H35N7O6S. The summed E-state index contributed by atoms with van der Waals surface area (Å²) in [6.45, 7) is -0.327. The molecule has 0 aliphatic heterocycles. The van der Waals surface area contributed by atoms with E-state index >= 15 is 0 Å². The number of aromatic nitrogens is 2. The van der Waals surface area contributed by atoms with Crippen molar-refractivity contribution < 1.29 is 29.4 Å². The van der Waals surface area contributed by atoms with Gasteiger partial charge in [0.15, 0.2) is 0 Å². The summed E-state index contributed by atoms with van der Waals surface area (Å²) < 4.78 is 0. The number of aliphatic hydroxyl groups excluding tert-OH is 1. The predicted octanol–water partition coefficient (Wildman–Crippen LogP) is -2.31. The number of aliphatic carboxylic acids is 1. The van der Waals surface area contributed by atoms with Gasteiger partial charge in [-0.25, -0.2) is 9.78 Å². The van der Waals surface area contributed by atoms with Gasteiger partial charge in [0.2, 0.25) is 17.7 Å². The van der Waals surface area contributed by atoms with E-state index in [-0.39, 0.29) is 6.42 Å². The minimum atomic E-state index is -1.54. The number of nitrogens with zero attached hydrogens (tertiary/aromatic N) is 1. The molecule has 1 rings (SSSR count). The lowest BCUT2D eigenvalue weighted by molar-refractivity contribution is -0.143. The number of aromatic amines is 1. The Kier molecular flexibility index (Phi) is 13.8. The summed E-state index contributed by atoms with van der Waals surface area (Å²) >= 11 is 1.48. The second-order valence-electron chi connectivity index (χ2n) is 7.66. The summed E-state index contributed by atoms with van der Waals surface area (Å²) in [6.07, 6.45) is 6.81. The second kappa shape index (κ2) is 16.0. The molecule has 0 bridgehead atoms. The van der Waals surface area contributed by atoms with Crippen LogP contribution in [0.25, 0.3) is 0 Å². The van der Waals surface area contributed by atoms with Crippen LogP contribution in [0, 0.1) is 0 Å². The van der Waals surface area contributed by atoms with Crippen LogP contribution in [0.5, 0.6) is 0 Å². The Morgan fingerprint density at radius 1 is 1.06 bits per heavy atom. The van der Waals surface area contributed by atoms with E-state index in [0.717, 1.165) is 6.42 Å². The average molecular weight is 502 g/mol. The number of carbonyl (C=O) groups is 4. The van der Waals surface area contributed by atoms with Gasteiger partial charge in [0.05, 0.1) is 19.0 Å². The molecule has 192 valence electrons. The van der Waals surface area contributed by atoms with E-state index in [1.54, 1.807) is 0 Å². The van der Waals surface area contributed by atoms with E-state index in [4.69, 9.17) is 16.6 Å². The third kappa shape index (κ3) is 10.5. The van der Waals surface area contributed by atoms with E-state index < -0.39 is 54.5 Å². The Hall–Kier alpha value is -2.68. The summed E-state index contributed by atoms with van der Waals surface area (Å²) in [5, 5.41) is 25.7. The van der Waals surface area contributed by atoms with Gasteiger partial charge in [-0.1, -0.05) is 6.42 Å². The van der Waals surface area contributed by atoms with Gasteiger partial charge < -0.3 is 42.6 Å². The van der Waals surface area contributed by atoms with Crippen molar-refractivity contribution in [1.82, 2.24) is 25.9 Å². The number of aliphatic hydroxyl groups is 1. The molecule has 0 aromatic carbocycles. The molecule has 0 radical (unpaired) electrons. The number of carboxylic acids is 1. The molecular weight excluding hydrogens is 466 g/mol. The Morgan fingerprint density at radius 2 is 1.71 bits per heavy atom. The van der Waals surface area contributed by atoms with Crippen LogP contribution in [-0.4, -0.2) is 93.2 Å². The van der Waals surface area contributed by atoms with Gasteiger partial charge in [0.25, 0.3) is 0 Å². The molecule has 0 aliphatic rings.